The van der Waals surface area contributed by atoms with Gasteiger partial charge in [-0.25, -0.2) is 0 Å². The van der Waals surface area contributed by atoms with E-state index in [0.717, 1.165) is 30.5 Å². The quantitative estimate of drug-likeness (QED) is 0.929. The van der Waals surface area contributed by atoms with Gasteiger partial charge in [0.25, 0.3) is 0 Å². The molecule has 2 unspecified atom stereocenters. The maximum atomic E-state index is 5.75. The minimum Gasteiger partial charge on any atom is -0.366 e. The zero-order valence-corrected chi connectivity index (χ0v) is 12.7. The van der Waals surface area contributed by atoms with Crippen molar-refractivity contribution in [1.82, 2.24) is 4.90 Å². The smallest absolute Gasteiger partial charge is 0.0429 e. The summed E-state index contributed by atoms with van der Waals surface area (Å²) in [5.74, 6) is 0. The van der Waals surface area contributed by atoms with Crippen LogP contribution < -0.4 is 10.6 Å². The number of rotatable bonds is 3. The van der Waals surface area contributed by atoms with E-state index in [1.807, 2.05) is 0 Å². The number of hydrogen-bond donors (Lipinski definition) is 1. The molecule has 1 saturated heterocycles. The molecule has 1 aromatic carbocycles. The van der Waals surface area contributed by atoms with E-state index in [1.54, 1.807) is 0 Å². The van der Waals surface area contributed by atoms with E-state index >= 15 is 0 Å². The zero-order chi connectivity index (χ0) is 13.1. The van der Waals surface area contributed by atoms with Crippen molar-refractivity contribution in [1.29, 1.82) is 0 Å². The summed E-state index contributed by atoms with van der Waals surface area (Å²) in [6.07, 6.45) is 1.05. The van der Waals surface area contributed by atoms with Crippen LogP contribution in [0.4, 0.5) is 5.69 Å². The van der Waals surface area contributed by atoms with Gasteiger partial charge in [-0.15, -0.1) is 0 Å². The van der Waals surface area contributed by atoms with Crippen molar-refractivity contribution in [3.63, 3.8) is 0 Å². The first-order valence-electron chi connectivity index (χ1n) is 6.54. The van der Waals surface area contributed by atoms with Gasteiger partial charge < -0.3 is 10.6 Å². The molecule has 0 aliphatic carbocycles. The molecule has 2 N–H and O–H groups in total. The molecule has 1 fully saturated rings. The Morgan fingerprint density at radius 2 is 1.94 bits per heavy atom. The highest BCUT2D eigenvalue weighted by atomic mass is 79.9. The monoisotopic (exact) mass is 311 g/mol. The van der Waals surface area contributed by atoms with Gasteiger partial charge in [-0.3, -0.25) is 4.90 Å². The Hall–Kier alpha value is -0.580. The molecule has 0 saturated carbocycles. The fraction of sp³-hybridized carbons (Fsp3) is 0.571. The van der Waals surface area contributed by atoms with Crippen LogP contribution in [-0.2, 0) is 0 Å². The van der Waals surface area contributed by atoms with Gasteiger partial charge in [0.2, 0.25) is 0 Å². The fourth-order valence-electron chi connectivity index (χ4n) is 2.57. The third-order valence-electron chi connectivity index (χ3n) is 3.81. The van der Waals surface area contributed by atoms with Gasteiger partial charge >= 0.3 is 0 Å². The molecular formula is C14H22BrN3. The summed E-state index contributed by atoms with van der Waals surface area (Å²) >= 11 is 3.49. The lowest BCUT2D eigenvalue weighted by atomic mass is 10.0. The highest BCUT2D eigenvalue weighted by molar-refractivity contribution is 9.10. The Morgan fingerprint density at radius 3 is 2.56 bits per heavy atom. The molecule has 0 spiro atoms. The first-order chi connectivity index (χ1) is 8.61. The van der Waals surface area contributed by atoms with Crippen molar-refractivity contribution in [2.75, 3.05) is 31.6 Å². The van der Waals surface area contributed by atoms with Gasteiger partial charge in [-0.05, 0) is 51.2 Å². The van der Waals surface area contributed by atoms with Crippen LogP contribution in [0.5, 0.6) is 0 Å². The molecule has 0 radical (unpaired) electrons. The van der Waals surface area contributed by atoms with Crippen LogP contribution in [0.3, 0.4) is 0 Å². The number of halogens is 1. The third kappa shape index (κ3) is 3.05. The van der Waals surface area contributed by atoms with Crippen molar-refractivity contribution in [3.05, 3.63) is 28.7 Å². The second kappa shape index (κ2) is 6.04. The minimum atomic E-state index is 0.525. The molecule has 1 aliphatic heterocycles. The SMILES string of the molecule is CC1CN(c2ccc(Br)cc2)C(CCN)CN1C. The molecule has 0 bridgehead atoms. The molecule has 0 aromatic heterocycles. The predicted octanol–water partition coefficient (Wildman–Crippen LogP) is 2.31. The van der Waals surface area contributed by atoms with Crippen molar-refractivity contribution >= 4 is 21.6 Å². The fourth-order valence-corrected chi connectivity index (χ4v) is 2.84. The van der Waals surface area contributed by atoms with Gasteiger partial charge in [0.1, 0.15) is 0 Å². The molecule has 2 atom stereocenters. The molecule has 18 heavy (non-hydrogen) atoms. The maximum absolute atomic E-state index is 5.75. The summed E-state index contributed by atoms with van der Waals surface area (Å²) in [4.78, 5) is 4.93. The number of nitrogens with two attached hydrogens (primary N) is 1. The van der Waals surface area contributed by atoms with Gasteiger partial charge in [0.05, 0.1) is 0 Å². The standard InChI is InChI=1S/C14H22BrN3/c1-11-9-18(13-5-3-12(15)4-6-13)14(7-8-16)10-17(11)2/h3-6,11,14H,7-10,16H2,1-2H3. The lowest BCUT2D eigenvalue weighted by Crippen LogP contribution is -2.56. The minimum absolute atomic E-state index is 0.525. The number of hydrogen-bond acceptors (Lipinski definition) is 3. The topological polar surface area (TPSA) is 32.5 Å². The summed E-state index contributed by atoms with van der Waals surface area (Å²) in [6.45, 7) is 5.20. The molecular weight excluding hydrogens is 290 g/mol. The van der Waals surface area contributed by atoms with E-state index in [-0.39, 0.29) is 0 Å². The average Bonchev–Trinajstić information content (AvgIpc) is 2.35. The van der Waals surface area contributed by atoms with Crippen LogP contribution >= 0.6 is 15.9 Å². The molecule has 1 aliphatic rings. The number of likely N-dealkylation sites (N-methyl/N-ethyl adjacent to an activating group) is 1. The second-order valence-corrected chi connectivity index (χ2v) is 6.06. The Balaban J connectivity index is 2.19. The van der Waals surface area contributed by atoms with E-state index < -0.39 is 0 Å². The van der Waals surface area contributed by atoms with E-state index in [1.165, 1.54) is 5.69 Å². The number of benzene rings is 1. The number of anilines is 1. The predicted molar refractivity (Wildman–Crippen MR) is 81.0 cm³/mol. The van der Waals surface area contributed by atoms with Crippen molar-refractivity contribution in [2.24, 2.45) is 5.73 Å². The van der Waals surface area contributed by atoms with Crippen molar-refractivity contribution in [2.45, 2.75) is 25.4 Å². The molecule has 1 heterocycles. The summed E-state index contributed by atoms with van der Waals surface area (Å²) in [5, 5.41) is 0. The highest BCUT2D eigenvalue weighted by Gasteiger charge is 2.28. The van der Waals surface area contributed by atoms with Crippen LogP contribution in [0.25, 0.3) is 0 Å². The molecule has 3 nitrogen and oxygen atoms in total. The van der Waals surface area contributed by atoms with Gasteiger partial charge in [-0.1, -0.05) is 15.9 Å². The summed E-state index contributed by atoms with van der Waals surface area (Å²) in [5.41, 5.74) is 7.05. The normalized spacial score (nSPS) is 25.4. The van der Waals surface area contributed by atoms with Crippen molar-refractivity contribution in [3.8, 4) is 0 Å². The molecule has 4 heteroatoms. The average molecular weight is 312 g/mol. The number of piperazine rings is 1. The maximum Gasteiger partial charge on any atom is 0.0429 e. The van der Waals surface area contributed by atoms with Crippen LogP contribution in [-0.4, -0.2) is 43.7 Å². The molecule has 0 amide bonds. The Kier molecular flexibility index (Phi) is 4.65. The summed E-state index contributed by atoms with van der Waals surface area (Å²) in [6, 6.07) is 9.70. The van der Waals surface area contributed by atoms with Crippen LogP contribution in [0.1, 0.15) is 13.3 Å². The third-order valence-corrected chi connectivity index (χ3v) is 4.34. The molecule has 100 valence electrons. The lowest BCUT2D eigenvalue weighted by Gasteiger charge is -2.45. The van der Waals surface area contributed by atoms with E-state index in [9.17, 15) is 0 Å². The van der Waals surface area contributed by atoms with Crippen LogP contribution in [0.15, 0.2) is 28.7 Å². The highest BCUT2D eigenvalue weighted by Crippen LogP contribution is 2.25. The summed E-state index contributed by atoms with van der Waals surface area (Å²) in [7, 11) is 2.20. The van der Waals surface area contributed by atoms with Gasteiger partial charge in [0, 0.05) is 35.3 Å². The largest absolute Gasteiger partial charge is 0.366 e. The van der Waals surface area contributed by atoms with Crippen molar-refractivity contribution < 1.29 is 0 Å². The van der Waals surface area contributed by atoms with E-state index in [4.69, 9.17) is 5.73 Å². The molecule has 2 rings (SSSR count). The van der Waals surface area contributed by atoms with Gasteiger partial charge in [-0.2, -0.15) is 0 Å². The van der Waals surface area contributed by atoms with E-state index in [2.05, 4.69) is 64.0 Å². The van der Waals surface area contributed by atoms with E-state index in [0.29, 0.717) is 12.1 Å². The first kappa shape index (κ1) is 13.8. The Labute approximate surface area is 118 Å². The summed E-state index contributed by atoms with van der Waals surface area (Å²) < 4.78 is 1.13. The zero-order valence-electron chi connectivity index (χ0n) is 11.1. The molecule has 1 aromatic rings. The Morgan fingerprint density at radius 1 is 1.28 bits per heavy atom. The lowest BCUT2D eigenvalue weighted by molar-refractivity contribution is 0.196. The van der Waals surface area contributed by atoms with Crippen LogP contribution in [0.2, 0.25) is 0 Å². The number of nitrogens with zero attached hydrogens (tertiary/aromatic N) is 2. The Bertz CT molecular complexity index is 379. The second-order valence-electron chi connectivity index (χ2n) is 5.15. The first-order valence-corrected chi connectivity index (χ1v) is 7.33. The van der Waals surface area contributed by atoms with Gasteiger partial charge in [0.15, 0.2) is 0 Å². The van der Waals surface area contributed by atoms with Crippen LogP contribution in [0, 0.1) is 0 Å².